The van der Waals surface area contributed by atoms with Gasteiger partial charge in [-0.2, -0.15) is 0 Å². The number of rotatable bonds is 6. The van der Waals surface area contributed by atoms with Crippen LogP contribution in [0.4, 0.5) is 5.69 Å². The normalized spacial score (nSPS) is 10.4. The van der Waals surface area contributed by atoms with E-state index in [0.29, 0.717) is 0 Å². The van der Waals surface area contributed by atoms with Crippen LogP contribution >= 0.6 is 0 Å². The van der Waals surface area contributed by atoms with Crippen molar-refractivity contribution in [3.63, 3.8) is 0 Å². The zero-order chi connectivity index (χ0) is 15.1. The first-order valence-corrected chi connectivity index (χ1v) is 7.66. The maximum atomic E-state index is 12.3. The molecular weight excluding hydrogens is 258 g/mol. The number of carbonyl (C=O) groups excluding carboxylic acids is 1. The monoisotopic (exact) mass is 281 g/mol. The number of hydrogen-bond donors (Lipinski definition) is 1. The van der Waals surface area contributed by atoms with E-state index in [0.717, 1.165) is 23.2 Å². The maximum Gasteiger partial charge on any atom is 0.255 e. The van der Waals surface area contributed by atoms with Crippen molar-refractivity contribution in [3.05, 3.63) is 65.2 Å². The van der Waals surface area contributed by atoms with E-state index >= 15 is 0 Å². The molecule has 0 aliphatic rings. The highest BCUT2D eigenvalue weighted by molar-refractivity contribution is 6.04. The van der Waals surface area contributed by atoms with Crippen LogP contribution in [0.3, 0.4) is 0 Å². The fourth-order valence-corrected chi connectivity index (χ4v) is 2.35. The molecule has 0 fully saturated rings. The average Bonchev–Trinajstić information content (AvgIpc) is 2.50. The van der Waals surface area contributed by atoms with E-state index in [9.17, 15) is 4.79 Å². The average molecular weight is 281 g/mol. The highest BCUT2D eigenvalue weighted by atomic mass is 16.1. The topological polar surface area (TPSA) is 29.1 Å². The van der Waals surface area contributed by atoms with Gasteiger partial charge in [0.15, 0.2) is 0 Å². The minimum atomic E-state index is -0.0401. The molecule has 2 aromatic carbocycles. The molecule has 2 rings (SSSR count). The van der Waals surface area contributed by atoms with Crippen molar-refractivity contribution in [1.29, 1.82) is 0 Å². The fraction of sp³-hybridized carbons (Fsp3) is 0.316. The van der Waals surface area contributed by atoms with Crippen LogP contribution in [0.1, 0.15) is 47.7 Å². The summed E-state index contributed by atoms with van der Waals surface area (Å²) in [6, 6.07) is 15.8. The molecule has 0 bridgehead atoms. The van der Waals surface area contributed by atoms with E-state index in [1.54, 1.807) is 0 Å². The summed E-state index contributed by atoms with van der Waals surface area (Å²) < 4.78 is 0. The maximum absolute atomic E-state index is 12.3. The zero-order valence-corrected chi connectivity index (χ0v) is 12.9. The van der Waals surface area contributed by atoms with Gasteiger partial charge in [0.1, 0.15) is 0 Å². The van der Waals surface area contributed by atoms with Crippen molar-refractivity contribution in [3.8, 4) is 0 Å². The number of para-hydroxylation sites is 1. The summed E-state index contributed by atoms with van der Waals surface area (Å²) in [5, 5.41) is 2.98. The highest BCUT2D eigenvalue weighted by Crippen LogP contribution is 2.16. The number of amides is 1. The summed E-state index contributed by atoms with van der Waals surface area (Å²) >= 11 is 0. The number of hydrogen-bond acceptors (Lipinski definition) is 1. The lowest BCUT2D eigenvalue weighted by Gasteiger charge is -2.09. The highest BCUT2D eigenvalue weighted by Gasteiger charge is 2.08. The first-order chi connectivity index (χ1) is 10.2. The van der Waals surface area contributed by atoms with Crippen LogP contribution in [-0.2, 0) is 6.42 Å². The van der Waals surface area contributed by atoms with Crippen molar-refractivity contribution in [1.82, 2.24) is 0 Å². The number of nitrogens with one attached hydrogen (secondary N) is 1. The van der Waals surface area contributed by atoms with Crippen molar-refractivity contribution >= 4 is 11.6 Å². The van der Waals surface area contributed by atoms with Gasteiger partial charge in [-0.05, 0) is 49.1 Å². The molecule has 0 aliphatic carbocycles. The SMILES string of the molecule is CCCCCc1cccc(C(=O)Nc2ccccc2C)c1. The third-order valence-corrected chi connectivity index (χ3v) is 3.65. The minimum absolute atomic E-state index is 0.0401. The number of carbonyl (C=O) groups is 1. The molecule has 0 aliphatic heterocycles. The molecular formula is C19H23NO. The van der Waals surface area contributed by atoms with Gasteiger partial charge in [-0.15, -0.1) is 0 Å². The summed E-state index contributed by atoms with van der Waals surface area (Å²) in [6.45, 7) is 4.20. The van der Waals surface area contributed by atoms with Crippen LogP contribution in [0.2, 0.25) is 0 Å². The lowest BCUT2D eigenvalue weighted by atomic mass is 10.0. The summed E-state index contributed by atoms with van der Waals surface area (Å²) in [6.07, 6.45) is 4.67. The third kappa shape index (κ3) is 4.45. The molecule has 1 N–H and O–H groups in total. The van der Waals surface area contributed by atoms with Crippen LogP contribution in [0, 0.1) is 6.92 Å². The molecule has 0 radical (unpaired) electrons. The zero-order valence-electron chi connectivity index (χ0n) is 12.9. The summed E-state index contributed by atoms with van der Waals surface area (Å²) in [7, 11) is 0. The second-order valence-corrected chi connectivity index (χ2v) is 5.43. The van der Waals surface area contributed by atoms with Crippen molar-refractivity contribution in [2.24, 2.45) is 0 Å². The van der Waals surface area contributed by atoms with Gasteiger partial charge in [-0.1, -0.05) is 50.1 Å². The van der Waals surface area contributed by atoms with Gasteiger partial charge in [0.2, 0.25) is 0 Å². The predicted octanol–water partition coefficient (Wildman–Crippen LogP) is 4.98. The van der Waals surface area contributed by atoms with E-state index < -0.39 is 0 Å². The first kappa shape index (κ1) is 15.3. The van der Waals surface area contributed by atoms with Gasteiger partial charge in [0.05, 0.1) is 0 Å². The molecule has 0 unspecified atom stereocenters. The molecule has 0 saturated carbocycles. The Morgan fingerprint density at radius 3 is 2.62 bits per heavy atom. The van der Waals surface area contributed by atoms with Crippen LogP contribution < -0.4 is 5.32 Å². The van der Waals surface area contributed by atoms with Crippen LogP contribution in [0.15, 0.2) is 48.5 Å². The molecule has 0 heterocycles. The number of unbranched alkanes of at least 4 members (excludes halogenated alkanes) is 2. The number of aryl methyl sites for hydroxylation is 2. The molecule has 0 saturated heterocycles. The third-order valence-electron chi connectivity index (χ3n) is 3.65. The Bertz CT molecular complexity index is 604. The van der Waals surface area contributed by atoms with Gasteiger partial charge < -0.3 is 5.32 Å². The molecule has 1 amide bonds. The van der Waals surface area contributed by atoms with E-state index in [4.69, 9.17) is 0 Å². The van der Waals surface area contributed by atoms with Gasteiger partial charge >= 0.3 is 0 Å². The van der Waals surface area contributed by atoms with Crippen LogP contribution in [-0.4, -0.2) is 5.91 Å². The number of anilines is 1. The number of benzene rings is 2. The van der Waals surface area contributed by atoms with Crippen molar-refractivity contribution in [2.75, 3.05) is 5.32 Å². The first-order valence-electron chi connectivity index (χ1n) is 7.66. The summed E-state index contributed by atoms with van der Waals surface area (Å²) in [5.41, 5.74) is 3.91. The van der Waals surface area contributed by atoms with E-state index in [2.05, 4.69) is 18.3 Å². The molecule has 2 aromatic rings. The largest absolute Gasteiger partial charge is 0.322 e. The fourth-order valence-electron chi connectivity index (χ4n) is 2.35. The molecule has 0 atom stereocenters. The second-order valence-electron chi connectivity index (χ2n) is 5.43. The standard InChI is InChI=1S/C19H23NO/c1-3-4-5-10-16-11-8-12-17(14-16)19(21)20-18-13-7-6-9-15(18)2/h6-9,11-14H,3-5,10H2,1-2H3,(H,20,21). The Labute approximate surface area is 127 Å². The Kier molecular flexibility index (Phi) is 5.56. The molecule has 2 nitrogen and oxygen atoms in total. The molecule has 110 valence electrons. The van der Waals surface area contributed by atoms with E-state index in [1.165, 1.54) is 24.8 Å². The van der Waals surface area contributed by atoms with Crippen LogP contribution in [0.5, 0.6) is 0 Å². The second kappa shape index (κ2) is 7.63. The van der Waals surface area contributed by atoms with Gasteiger partial charge in [-0.3, -0.25) is 4.79 Å². The van der Waals surface area contributed by atoms with E-state index in [-0.39, 0.29) is 5.91 Å². The lowest BCUT2D eigenvalue weighted by molar-refractivity contribution is 0.102. The Balaban J connectivity index is 2.05. The molecule has 21 heavy (non-hydrogen) atoms. The Hall–Kier alpha value is -2.09. The quantitative estimate of drug-likeness (QED) is 0.743. The lowest BCUT2D eigenvalue weighted by Crippen LogP contribution is -2.12. The van der Waals surface area contributed by atoms with Crippen molar-refractivity contribution in [2.45, 2.75) is 39.5 Å². The molecule has 0 aromatic heterocycles. The van der Waals surface area contributed by atoms with Crippen LogP contribution in [0.25, 0.3) is 0 Å². The summed E-state index contributed by atoms with van der Waals surface area (Å²) in [5.74, 6) is -0.0401. The minimum Gasteiger partial charge on any atom is -0.322 e. The Morgan fingerprint density at radius 2 is 1.86 bits per heavy atom. The molecule has 2 heteroatoms. The Morgan fingerprint density at radius 1 is 1.05 bits per heavy atom. The smallest absolute Gasteiger partial charge is 0.255 e. The van der Waals surface area contributed by atoms with Gasteiger partial charge in [-0.25, -0.2) is 0 Å². The van der Waals surface area contributed by atoms with Gasteiger partial charge in [0.25, 0.3) is 5.91 Å². The van der Waals surface area contributed by atoms with Crippen molar-refractivity contribution < 1.29 is 4.79 Å². The predicted molar refractivity (Wildman–Crippen MR) is 88.8 cm³/mol. The molecule has 0 spiro atoms. The van der Waals surface area contributed by atoms with E-state index in [1.807, 2.05) is 49.4 Å². The van der Waals surface area contributed by atoms with Gasteiger partial charge in [0, 0.05) is 11.3 Å². The summed E-state index contributed by atoms with van der Waals surface area (Å²) in [4.78, 5) is 12.3.